The zero-order chi connectivity index (χ0) is 18.0. The number of anilines is 1. The highest BCUT2D eigenvalue weighted by Gasteiger charge is 2.53. The Morgan fingerprint density at radius 3 is 2.48 bits per heavy atom. The lowest BCUT2D eigenvalue weighted by atomic mass is 9.50. The minimum absolute atomic E-state index is 0.193. The van der Waals surface area contributed by atoms with Crippen LogP contribution >= 0.6 is 11.3 Å². The van der Waals surface area contributed by atoms with E-state index in [1.165, 1.54) is 38.5 Å². The molecule has 0 atom stereocenters. The molecule has 0 spiro atoms. The molecule has 4 fully saturated rings. The molecule has 1 aliphatic heterocycles. The highest BCUT2D eigenvalue weighted by molar-refractivity contribution is 7.15. The van der Waals surface area contributed by atoms with Crippen LogP contribution < -0.4 is 14.8 Å². The molecule has 4 bridgehead atoms. The van der Waals surface area contributed by atoms with Crippen LogP contribution in [0, 0.1) is 17.8 Å². The van der Waals surface area contributed by atoms with Crippen LogP contribution in [0.1, 0.15) is 53.9 Å². The molecule has 1 N–H and O–H groups in total. The van der Waals surface area contributed by atoms with Gasteiger partial charge in [0.2, 0.25) is 11.9 Å². The number of nitrogens with zero attached hydrogens (tertiary/aromatic N) is 2. The van der Waals surface area contributed by atoms with Crippen molar-refractivity contribution in [2.45, 2.75) is 43.9 Å². The second-order valence-electron chi connectivity index (χ2n) is 8.63. The van der Waals surface area contributed by atoms with E-state index in [1.54, 1.807) is 29.5 Å². The van der Waals surface area contributed by atoms with Gasteiger partial charge in [0.05, 0.1) is 0 Å². The molecule has 1 amide bonds. The first kappa shape index (κ1) is 15.9. The van der Waals surface area contributed by atoms with Gasteiger partial charge in [-0.3, -0.25) is 10.1 Å². The van der Waals surface area contributed by atoms with E-state index in [4.69, 9.17) is 9.47 Å². The zero-order valence-electron chi connectivity index (χ0n) is 14.9. The van der Waals surface area contributed by atoms with E-state index in [-0.39, 0.29) is 18.1 Å². The summed E-state index contributed by atoms with van der Waals surface area (Å²) in [5, 5.41) is 13.4. The van der Waals surface area contributed by atoms with Crippen molar-refractivity contribution in [1.82, 2.24) is 10.2 Å². The molecule has 1 aromatic heterocycles. The lowest BCUT2D eigenvalue weighted by molar-refractivity contribution is -0.00555. The molecule has 140 valence electrons. The highest BCUT2D eigenvalue weighted by Crippen LogP contribution is 2.61. The van der Waals surface area contributed by atoms with Crippen LogP contribution in [0.3, 0.4) is 0 Å². The van der Waals surface area contributed by atoms with E-state index < -0.39 is 0 Å². The molecular weight excluding hydrogens is 362 g/mol. The molecule has 4 saturated carbocycles. The van der Waals surface area contributed by atoms with E-state index in [0.717, 1.165) is 22.8 Å². The fourth-order valence-electron chi connectivity index (χ4n) is 6.07. The molecule has 0 unspecified atom stereocenters. The first-order valence-electron chi connectivity index (χ1n) is 9.72. The Morgan fingerprint density at radius 1 is 1.04 bits per heavy atom. The predicted octanol–water partition coefficient (Wildman–Crippen LogP) is 3.99. The maximum Gasteiger partial charge on any atom is 0.257 e. The molecule has 7 heteroatoms. The molecule has 0 saturated heterocycles. The molecule has 27 heavy (non-hydrogen) atoms. The molecule has 4 aliphatic carbocycles. The van der Waals surface area contributed by atoms with E-state index in [1.807, 2.05) is 0 Å². The van der Waals surface area contributed by atoms with Crippen LogP contribution in [0.15, 0.2) is 18.2 Å². The van der Waals surface area contributed by atoms with Crippen LogP contribution in [0.2, 0.25) is 0 Å². The fourth-order valence-corrected chi connectivity index (χ4v) is 7.02. The molecule has 0 radical (unpaired) electrons. The quantitative estimate of drug-likeness (QED) is 0.868. The number of hydrogen-bond donors (Lipinski definition) is 1. The van der Waals surface area contributed by atoms with Crippen molar-refractivity contribution < 1.29 is 14.3 Å². The number of carbonyl (C=O) groups is 1. The van der Waals surface area contributed by atoms with Gasteiger partial charge in [-0.25, -0.2) is 0 Å². The molecule has 5 aliphatic rings. The first-order valence-corrected chi connectivity index (χ1v) is 10.5. The number of hydrogen-bond acceptors (Lipinski definition) is 6. The van der Waals surface area contributed by atoms with Crippen LogP contribution in [-0.4, -0.2) is 22.9 Å². The number of amides is 1. The van der Waals surface area contributed by atoms with Crippen LogP contribution in [0.5, 0.6) is 11.5 Å². The number of fused-ring (bicyclic) bond motifs is 1. The molecular formula is C20H21N3O3S. The largest absolute Gasteiger partial charge is 0.454 e. The van der Waals surface area contributed by atoms with Gasteiger partial charge in [-0.1, -0.05) is 11.3 Å². The Kier molecular flexibility index (Phi) is 3.33. The maximum atomic E-state index is 12.6. The summed E-state index contributed by atoms with van der Waals surface area (Å²) < 4.78 is 10.7. The van der Waals surface area contributed by atoms with Gasteiger partial charge in [0.1, 0.15) is 5.01 Å². The molecule has 6 nitrogen and oxygen atoms in total. The minimum atomic E-state index is -0.193. The van der Waals surface area contributed by atoms with Gasteiger partial charge in [0, 0.05) is 11.0 Å². The zero-order valence-corrected chi connectivity index (χ0v) is 15.8. The van der Waals surface area contributed by atoms with Crippen molar-refractivity contribution in [3.63, 3.8) is 0 Å². The van der Waals surface area contributed by atoms with E-state index in [0.29, 0.717) is 22.2 Å². The predicted molar refractivity (Wildman–Crippen MR) is 100 cm³/mol. The van der Waals surface area contributed by atoms with Crippen molar-refractivity contribution >= 4 is 22.4 Å². The standard InChI is InChI=1S/C20H21N3O3S/c24-17(14-1-2-15-16(6-14)26-10-25-15)21-19-23-22-18(27-19)20-7-11-3-12(8-20)5-13(4-11)9-20/h1-2,6,11-13H,3-5,7-10H2,(H,21,23,24). The van der Waals surface area contributed by atoms with Gasteiger partial charge < -0.3 is 9.47 Å². The first-order chi connectivity index (χ1) is 13.2. The average Bonchev–Trinajstić information content (AvgIpc) is 3.29. The summed E-state index contributed by atoms with van der Waals surface area (Å²) in [5.74, 6) is 3.69. The Bertz CT molecular complexity index is 890. The van der Waals surface area contributed by atoms with Gasteiger partial charge in [0.15, 0.2) is 11.5 Å². The second kappa shape index (κ2) is 5.67. The topological polar surface area (TPSA) is 73.3 Å². The average molecular weight is 383 g/mol. The summed E-state index contributed by atoms with van der Waals surface area (Å²) in [4.78, 5) is 12.6. The lowest BCUT2D eigenvalue weighted by Crippen LogP contribution is -2.48. The summed E-state index contributed by atoms with van der Waals surface area (Å²) in [6.07, 6.45) is 7.99. The van der Waals surface area contributed by atoms with Crippen molar-refractivity contribution in [3.8, 4) is 11.5 Å². The fraction of sp³-hybridized carbons (Fsp3) is 0.550. The highest BCUT2D eigenvalue weighted by atomic mass is 32.1. The summed E-state index contributed by atoms with van der Waals surface area (Å²) >= 11 is 1.56. The molecule has 2 heterocycles. The number of ether oxygens (including phenoxy) is 2. The Hall–Kier alpha value is -2.15. The van der Waals surface area contributed by atoms with Crippen molar-refractivity contribution in [3.05, 3.63) is 28.8 Å². The maximum absolute atomic E-state index is 12.6. The Balaban J connectivity index is 1.22. The number of nitrogens with one attached hydrogen (secondary N) is 1. The van der Waals surface area contributed by atoms with Crippen LogP contribution in [-0.2, 0) is 5.41 Å². The number of benzene rings is 1. The van der Waals surface area contributed by atoms with E-state index >= 15 is 0 Å². The third-order valence-electron chi connectivity index (χ3n) is 6.77. The molecule has 2 aromatic rings. The number of carbonyl (C=O) groups excluding carboxylic acids is 1. The van der Waals surface area contributed by atoms with Crippen molar-refractivity contribution in [1.29, 1.82) is 0 Å². The Labute approximate surface area is 161 Å². The summed E-state index contributed by atoms with van der Waals surface area (Å²) in [7, 11) is 0. The summed E-state index contributed by atoms with van der Waals surface area (Å²) in [5.41, 5.74) is 0.750. The smallest absolute Gasteiger partial charge is 0.257 e. The van der Waals surface area contributed by atoms with Gasteiger partial charge in [0.25, 0.3) is 5.91 Å². The third kappa shape index (κ3) is 2.55. The monoisotopic (exact) mass is 383 g/mol. The SMILES string of the molecule is O=C(Nc1nnc(C23CC4CC(CC(C4)C2)C3)s1)c1ccc2c(c1)OCO2. The normalized spacial score (nSPS) is 32.7. The third-order valence-corrected chi connectivity index (χ3v) is 7.86. The van der Waals surface area contributed by atoms with Crippen LogP contribution in [0.25, 0.3) is 0 Å². The molecule has 7 rings (SSSR count). The van der Waals surface area contributed by atoms with Gasteiger partial charge in [-0.15, -0.1) is 10.2 Å². The second-order valence-corrected chi connectivity index (χ2v) is 9.61. The summed E-state index contributed by atoms with van der Waals surface area (Å²) in [6, 6.07) is 5.21. The van der Waals surface area contributed by atoms with E-state index in [2.05, 4.69) is 15.5 Å². The lowest BCUT2D eigenvalue weighted by Gasteiger charge is -2.55. The molecule has 1 aromatic carbocycles. The van der Waals surface area contributed by atoms with Gasteiger partial charge in [-0.2, -0.15) is 0 Å². The number of aromatic nitrogens is 2. The van der Waals surface area contributed by atoms with Crippen molar-refractivity contribution in [2.75, 3.05) is 12.1 Å². The van der Waals surface area contributed by atoms with E-state index in [9.17, 15) is 4.79 Å². The van der Waals surface area contributed by atoms with Gasteiger partial charge in [-0.05, 0) is 74.5 Å². The Morgan fingerprint density at radius 2 is 1.74 bits per heavy atom. The summed E-state index contributed by atoms with van der Waals surface area (Å²) in [6.45, 7) is 0.200. The number of rotatable bonds is 3. The van der Waals surface area contributed by atoms with Crippen LogP contribution in [0.4, 0.5) is 5.13 Å². The van der Waals surface area contributed by atoms with Crippen molar-refractivity contribution in [2.24, 2.45) is 17.8 Å². The minimum Gasteiger partial charge on any atom is -0.454 e. The van der Waals surface area contributed by atoms with Gasteiger partial charge >= 0.3 is 0 Å².